The lowest BCUT2D eigenvalue weighted by Crippen LogP contribution is -2.08. The Hall–Kier alpha value is -2.28. The topological polar surface area (TPSA) is 90.1 Å². The second-order valence-corrected chi connectivity index (χ2v) is 3.69. The summed E-state index contributed by atoms with van der Waals surface area (Å²) in [5.74, 6) is -0.316. The minimum atomic E-state index is -0.941. The standard InChI is InChI=1S/C11H12N4O3/c1-18-7-10-12-13-14-15(10)6-8-2-4-9(5-3-8)11(16)17/h2-5H,6-7H2,1H3,(H,16,17). The molecule has 0 radical (unpaired) electrons. The van der Waals surface area contributed by atoms with E-state index in [0.717, 1.165) is 5.56 Å². The summed E-state index contributed by atoms with van der Waals surface area (Å²) in [7, 11) is 1.57. The van der Waals surface area contributed by atoms with E-state index in [0.29, 0.717) is 19.0 Å². The third-order valence-corrected chi connectivity index (χ3v) is 2.41. The van der Waals surface area contributed by atoms with Gasteiger partial charge in [-0.1, -0.05) is 12.1 Å². The van der Waals surface area contributed by atoms with Crippen LogP contribution in [0.4, 0.5) is 0 Å². The number of carboxylic acid groups (broad SMARTS) is 1. The summed E-state index contributed by atoms with van der Waals surface area (Å²) >= 11 is 0. The van der Waals surface area contributed by atoms with Crippen LogP contribution < -0.4 is 0 Å². The molecule has 0 aliphatic heterocycles. The summed E-state index contributed by atoms with van der Waals surface area (Å²) in [5, 5.41) is 20.0. The number of carboxylic acids is 1. The lowest BCUT2D eigenvalue weighted by atomic mass is 10.1. The van der Waals surface area contributed by atoms with Crippen molar-refractivity contribution < 1.29 is 14.6 Å². The summed E-state index contributed by atoms with van der Waals surface area (Å²) in [5.41, 5.74) is 1.18. The van der Waals surface area contributed by atoms with Crippen molar-refractivity contribution in [3.05, 3.63) is 41.2 Å². The monoisotopic (exact) mass is 248 g/mol. The summed E-state index contributed by atoms with van der Waals surface area (Å²) in [6, 6.07) is 6.58. The molecule has 0 aliphatic rings. The van der Waals surface area contributed by atoms with E-state index in [4.69, 9.17) is 9.84 Å². The van der Waals surface area contributed by atoms with Gasteiger partial charge in [0.05, 0.1) is 12.1 Å². The maximum atomic E-state index is 10.7. The predicted molar refractivity (Wildman–Crippen MR) is 61.0 cm³/mol. The fourth-order valence-corrected chi connectivity index (χ4v) is 1.50. The van der Waals surface area contributed by atoms with Crippen molar-refractivity contribution in [2.75, 3.05) is 7.11 Å². The van der Waals surface area contributed by atoms with E-state index < -0.39 is 5.97 Å². The lowest BCUT2D eigenvalue weighted by Gasteiger charge is -2.04. The highest BCUT2D eigenvalue weighted by molar-refractivity contribution is 5.87. The van der Waals surface area contributed by atoms with Crippen molar-refractivity contribution in [1.29, 1.82) is 0 Å². The molecule has 0 spiro atoms. The minimum absolute atomic E-state index is 0.257. The van der Waals surface area contributed by atoms with Crippen LogP contribution in [0.15, 0.2) is 24.3 Å². The van der Waals surface area contributed by atoms with Crippen LogP contribution in [0, 0.1) is 0 Å². The highest BCUT2D eigenvalue weighted by Crippen LogP contribution is 2.07. The molecule has 1 N–H and O–H groups in total. The normalized spacial score (nSPS) is 10.5. The second kappa shape index (κ2) is 5.37. The molecule has 1 aromatic heterocycles. The van der Waals surface area contributed by atoms with Crippen LogP contribution in [0.1, 0.15) is 21.7 Å². The molecule has 1 aromatic carbocycles. The molecule has 0 aliphatic carbocycles. The van der Waals surface area contributed by atoms with Gasteiger partial charge in [0, 0.05) is 7.11 Å². The first kappa shape index (κ1) is 12.2. The molecule has 1 heterocycles. The smallest absolute Gasteiger partial charge is 0.335 e. The van der Waals surface area contributed by atoms with E-state index in [-0.39, 0.29) is 5.56 Å². The molecule has 0 atom stereocenters. The Kier molecular flexibility index (Phi) is 3.63. The van der Waals surface area contributed by atoms with E-state index in [1.54, 1.807) is 36.1 Å². The zero-order valence-electron chi connectivity index (χ0n) is 9.78. The van der Waals surface area contributed by atoms with Crippen LogP contribution in [0.25, 0.3) is 0 Å². The molecule has 94 valence electrons. The van der Waals surface area contributed by atoms with E-state index in [2.05, 4.69) is 15.5 Å². The number of nitrogens with zero attached hydrogens (tertiary/aromatic N) is 4. The first-order valence-corrected chi connectivity index (χ1v) is 5.27. The van der Waals surface area contributed by atoms with E-state index in [1.807, 2.05) is 0 Å². The Bertz CT molecular complexity index is 535. The zero-order chi connectivity index (χ0) is 13.0. The zero-order valence-corrected chi connectivity index (χ0v) is 9.78. The van der Waals surface area contributed by atoms with E-state index in [9.17, 15) is 4.79 Å². The number of benzene rings is 1. The van der Waals surface area contributed by atoms with Crippen LogP contribution >= 0.6 is 0 Å². The fourth-order valence-electron chi connectivity index (χ4n) is 1.50. The Morgan fingerprint density at radius 2 is 2.11 bits per heavy atom. The van der Waals surface area contributed by atoms with Gasteiger partial charge in [-0.15, -0.1) is 5.10 Å². The molecule has 7 nitrogen and oxygen atoms in total. The SMILES string of the molecule is COCc1nnnn1Cc1ccc(C(=O)O)cc1. The molecule has 7 heteroatoms. The number of methoxy groups -OCH3 is 1. The first-order valence-electron chi connectivity index (χ1n) is 5.27. The van der Waals surface area contributed by atoms with Gasteiger partial charge in [-0.25, -0.2) is 9.48 Å². The van der Waals surface area contributed by atoms with Crippen molar-refractivity contribution in [3.63, 3.8) is 0 Å². The van der Waals surface area contributed by atoms with Gasteiger partial charge in [0.15, 0.2) is 5.82 Å². The Balaban J connectivity index is 2.13. The van der Waals surface area contributed by atoms with Gasteiger partial charge in [-0.05, 0) is 28.1 Å². The molecular formula is C11H12N4O3. The number of ether oxygens (including phenoxy) is 1. The second-order valence-electron chi connectivity index (χ2n) is 3.69. The largest absolute Gasteiger partial charge is 0.478 e. The molecule has 18 heavy (non-hydrogen) atoms. The van der Waals surface area contributed by atoms with Gasteiger partial charge in [0.2, 0.25) is 0 Å². The summed E-state index contributed by atoms with van der Waals surface area (Å²) < 4.78 is 6.58. The van der Waals surface area contributed by atoms with Crippen molar-refractivity contribution in [1.82, 2.24) is 20.2 Å². The summed E-state index contributed by atoms with van der Waals surface area (Å²) in [6.45, 7) is 0.811. The number of hydrogen-bond acceptors (Lipinski definition) is 5. The van der Waals surface area contributed by atoms with Gasteiger partial charge in [-0.3, -0.25) is 0 Å². The van der Waals surface area contributed by atoms with Gasteiger partial charge < -0.3 is 9.84 Å². The van der Waals surface area contributed by atoms with Crippen LogP contribution in [-0.4, -0.2) is 38.4 Å². The average molecular weight is 248 g/mol. The fraction of sp³-hybridized carbons (Fsp3) is 0.273. The Morgan fingerprint density at radius 3 is 2.72 bits per heavy atom. The van der Waals surface area contributed by atoms with E-state index >= 15 is 0 Å². The molecule has 0 bridgehead atoms. The maximum absolute atomic E-state index is 10.7. The highest BCUT2D eigenvalue weighted by atomic mass is 16.5. The highest BCUT2D eigenvalue weighted by Gasteiger charge is 2.07. The molecule has 2 rings (SSSR count). The van der Waals surface area contributed by atoms with Gasteiger partial charge in [0.25, 0.3) is 0 Å². The van der Waals surface area contributed by atoms with Crippen molar-refractivity contribution in [2.24, 2.45) is 0 Å². The van der Waals surface area contributed by atoms with Crippen LogP contribution in [0.3, 0.4) is 0 Å². The van der Waals surface area contributed by atoms with Crippen LogP contribution in [-0.2, 0) is 17.9 Å². The van der Waals surface area contributed by atoms with E-state index in [1.165, 1.54) is 0 Å². The van der Waals surface area contributed by atoms with Gasteiger partial charge in [0.1, 0.15) is 6.61 Å². The Labute approximate surface area is 103 Å². The van der Waals surface area contributed by atoms with Crippen LogP contribution in [0.2, 0.25) is 0 Å². The molecule has 0 saturated heterocycles. The number of hydrogen-bond donors (Lipinski definition) is 1. The maximum Gasteiger partial charge on any atom is 0.335 e. The van der Waals surface area contributed by atoms with Gasteiger partial charge >= 0.3 is 5.97 Å². The predicted octanol–water partition coefficient (Wildman–Crippen LogP) is 0.566. The number of tetrazole rings is 1. The van der Waals surface area contributed by atoms with Crippen molar-refractivity contribution in [2.45, 2.75) is 13.2 Å². The first-order chi connectivity index (χ1) is 8.70. The lowest BCUT2D eigenvalue weighted by molar-refractivity contribution is 0.0697. The quantitative estimate of drug-likeness (QED) is 0.831. The number of carbonyl (C=O) groups is 1. The molecule has 2 aromatic rings. The molecular weight excluding hydrogens is 236 g/mol. The average Bonchev–Trinajstić information content (AvgIpc) is 2.78. The third kappa shape index (κ3) is 2.69. The third-order valence-electron chi connectivity index (χ3n) is 2.41. The minimum Gasteiger partial charge on any atom is -0.478 e. The summed E-state index contributed by atoms with van der Waals surface area (Å²) in [6.07, 6.45) is 0. The molecule has 0 fully saturated rings. The molecule has 0 unspecified atom stereocenters. The molecule has 0 saturated carbocycles. The number of rotatable bonds is 5. The summed E-state index contributed by atoms with van der Waals surface area (Å²) in [4.78, 5) is 10.7. The molecule has 0 amide bonds. The number of aromatic carboxylic acids is 1. The number of aromatic nitrogens is 4. The van der Waals surface area contributed by atoms with Gasteiger partial charge in [-0.2, -0.15) is 0 Å². The van der Waals surface area contributed by atoms with Crippen molar-refractivity contribution in [3.8, 4) is 0 Å². The van der Waals surface area contributed by atoms with Crippen molar-refractivity contribution >= 4 is 5.97 Å². The Morgan fingerprint density at radius 1 is 1.39 bits per heavy atom. The van der Waals surface area contributed by atoms with Crippen LogP contribution in [0.5, 0.6) is 0 Å².